The summed E-state index contributed by atoms with van der Waals surface area (Å²) in [5, 5.41) is 8.13. The van der Waals surface area contributed by atoms with Crippen LogP contribution in [0.25, 0.3) is 11.3 Å². The Morgan fingerprint density at radius 1 is 1.00 bits per heavy atom. The Hall–Kier alpha value is -3.19. The normalized spacial score (nSPS) is 19.7. The molecule has 0 radical (unpaired) electrons. The van der Waals surface area contributed by atoms with Gasteiger partial charge in [-0.1, -0.05) is 72.9 Å². The summed E-state index contributed by atoms with van der Waals surface area (Å²) < 4.78 is 55.0. The number of carbonyl (C=O) groups excluding carboxylic acids is 2. The summed E-state index contributed by atoms with van der Waals surface area (Å²) in [5.74, 6) is -0.246. The third-order valence-electron chi connectivity index (χ3n) is 10.4. The number of nitrogens with zero attached hydrogens (tertiary/aromatic N) is 2. The Morgan fingerprint density at radius 3 is 2.33 bits per heavy atom. The molecule has 52 heavy (non-hydrogen) atoms. The van der Waals surface area contributed by atoms with Gasteiger partial charge in [0.15, 0.2) is 0 Å². The van der Waals surface area contributed by atoms with Crippen LogP contribution in [-0.4, -0.2) is 56.4 Å². The van der Waals surface area contributed by atoms with Crippen molar-refractivity contribution in [2.75, 3.05) is 23.7 Å². The van der Waals surface area contributed by atoms with E-state index in [-0.39, 0.29) is 35.3 Å². The van der Waals surface area contributed by atoms with Gasteiger partial charge < -0.3 is 19.5 Å². The Kier molecular flexibility index (Phi) is 12.8. The van der Waals surface area contributed by atoms with Crippen LogP contribution < -0.4 is 14.9 Å². The number of aromatic nitrogens is 1. The molecule has 1 aliphatic heterocycles. The van der Waals surface area contributed by atoms with Gasteiger partial charge in [-0.05, 0) is 68.9 Å². The molecule has 282 valence electrons. The number of fused-ring (bicyclic) bond motifs is 2. The summed E-state index contributed by atoms with van der Waals surface area (Å²) >= 11 is 13.0. The zero-order chi connectivity index (χ0) is 36.8. The van der Waals surface area contributed by atoms with E-state index in [1.807, 2.05) is 4.90 Å². The predicted octanol–water partition coefficient (Wildman–Crippen LogP) is 8.17. The second kappa shape index (κ2) is 17.3. The first kappa shape index (κ1) is 38.5. The largest absolute Gasteiger partial charge is 0.373 e. The molecule has 0 unspecified atom stereocenters. The highest BCUT2D eigenvalue weighted by Gasteiger charge is 2.46. The van der Waals surface area contributed by atoms with Gasteiger partial charge >= 0.3 is 0 Å². The number of amides is 2. The van der Waals surface area contributed by atoms with Gasteiger partial charge in [0, 0.05) is 54.6 Å². The number of sulfonamides is 1. The first-order chi connectivity index (χ1) is 25.0. The fraction of sp³-hybridized carbons (Fsp3) is 0.553. The molecular formula is C38H47Cl2FN4O6S. The van der Waals surface area contributed by atoms with E-state index in [0.29, 0.717) is 59.0 Å². The second-order valence-electron chi connectivity index (χ2n) is 14.4. The minimum absolute atomic E-state index is 0.0121. The van der Waals surface area contributed by atoms with Crippen molar-refractivity contribution in [1.29, 1.82) is 0 Å². The fourth-order valence-corrected chi connectivity index (χ4v) is 9.18. The molecule has 3 fully saturated rings. The number of anilines is 1. The van der Waals surface area contributed by atoms with Crippen LogP contribution in [0.1, 0.15) is 112 Å². The molecule has 1 aromatic heterocycles. The van der Waals surface area contributed by atoms with E-state index in [0.717, 1.165) is 88.0 Å². The van der Waals surface area contributed by atoms with Crippen LogP contribution in [0.3, 0.4) is 0 Å². The Balaban J connectivity index is 0.954. The quantitative estimate of drug-likeness (QED) is 0.117. The fourth-order valence-electron chi connectivity index (χ4n) is 7.52. The number of unbranched alkanes of at least 4 members (excludes halogenated alkanes) is 7. The molecule has 3 atom stereocenters. The molecule has 0 spiro atoms. The Labute approximate surface area is 315 Å². The lowest BCUT2D eigenvalue weighted by molar-refractivity contribution is -0.118. The van der Waals surface area contributed by atoms with Crippen molar-refractivity contribution >= 4 is 50.7 Å². The molecule has 6 rings (SSSR count). The summed E-state index contributed by atoms with van der Waals surface area (Å²) in [7, 11) is -3.85. The van der Waals surface area contributed by atoms with E-state index in [9.17, 15) is 18.0 Å². The third kappa shape index (κ3) is 9.67. The van der Waals surface area contributed by atoms with Gasteiger partial charge in [-0.25, -0.2) is 17.5 Å². The van der Waals surface area contributed by atoms with Gasteiger partial charge in [-0.15, -0.1) is 0 Å². The van der Waals surface area contributed by atoms with Gasteiger partial charge in [0.1, 0.15) is 17.3 Å². The average molecular weight is 778 g/mol. The van der Waals surface area contributed by atoms with Gasteiger partial charge in [-0.3, -0.25) is 9.59 Å². The zero-order valence-electron chi connectivity index (χ0n) is 29.5. The lowest BCUT2D eigenvalue weighted by atomic mass is 10.0. The van der Waals surface area contributed by atoms with E-state index in [1.54, 1.807) is 24.3 Å². The number of benzene rings is 2. The van der Waals surface area contributed by atoms with Crippen molar-refractivity contribution in [3.63, 3.8) is 0 Å². The van der Waals surface area contributed by atoms with Crippen molar-refractivity contribution in [3.8, 4) is 11.3 Å². The van der Waals surface area contributed by atoms with Crippen molar-refractivity contribution in [2.24, 2.45) is 5.92 Å². The smallest absolute Gasteiger partial charge is 0.264 e. The lowest BCUT2D eigenvalue weighted by Crippen LogP contribution is -2.39. The van der Waals surface area contributed by atoms with Gasteiger partial charge in [0.25, 0.3) is 5.91 Å². The maximum absolute atomic E-state index is 15.5. The van der Waals surface area contributed by atoms with Crippen LogP contribution in [0.15, 0.2) is 40.9 Å². The summed E-state index contributed by atoms with van der Waals surface area (Å²) in [6.07, 6.45) is 10.9. The third-order valence-corrected chi connectivity index (χ3v) is 12.3. The molecular weight excluding hydrogens is 730 g/mol. The molecule has 2 heterocycles. The van der Waals surface area contributed by atoms with E-state index >= 15 is 4.39 Å². The molecule has 2 aromatic carbocycles. The van der Waals surface area contributed by atoms with E-state index < -0.39 is 21.7 Å². The van der Waals surface area contributed by atoms with E-state index in [4.69, 9.17) is 32.5 Å². The Bertz CT molecular complexity index is 1830. The van der Waals surface area contributed by atoms with Crippen molar-refractivity contribution in [3.05, 3.63) is 69.1 Å². The van der Waals surface area contributed by atoms with Gasteiger partial charge in [0.05, 0.1) is 34.2 Å². The summed E-state index contributed by atoms with van der Waals surface area (Å²) in [6, 6.07) is 9.57. The number of halogens is 3. The topological polar surface area (TPSA) is 131 Å². The number of hydrogen-bond acceptors (Lipinski definition) is 8. The highest BCUT2D eigenvalue weighted by molar-refractivity contribution is 7.90. The van der Waals surface area contributed by atoms with Crippen LogP contribution in [0.5, 0.6) is 0 Å². The zero-order valence-corrected chi connectivity index (χ0v) is 31.8. The highest BCUT2D eigenvalue weighted by atomic mass is 35.5. The molecule has 3 aromatic rings. The number of nitrogens with one attached hydrogen (secondary N) is 2. The molecule has 2 saturated carbocycles. The van der Waals surface area contributed by atoms with Gasteiger partial charge in [0.2, 0.25) is 15.9 Å². The maximum atomic E-state index is 15.5. The molecule has 1 saturated heterocycles. The van der Waals surface area contributed by atoms with Crippen molar-refractivity contribution in [2.45, 2.75) is 109 Å². The first-order valence-corrected chi connectivity index (χ1v) is 20.8. The number of piperidine rings is 1. The number of ether oxygens (including phenoxy) is 1. The minimum Gasteiger partial charge on any atom is -0.373 e. The molecule has 2 bridgehead atoms. The van der Waals surface area contributed by atoms with Crippen LogP contribution in [0, 0.1) is 11.7 Å². The summed E-state index contributed by atoms with van der Waals surface area (Å²) in [4.78, 5) is 25.7. The monoisotopic (exact) mass is 776 g/mol. The van der Waals surface area contributed by atoms with Crippen molar-refractivity contribution < 1.29 is 31.7 Å². The standard InChI is InChI=1S/C38H47Cl2FN4O6S/c1-24(46)42-17-8-6-4-2-3-5-7-9-18-52(48,49)44-38(47)26-15-16-33(32(41)20-26)45-22-27-19-28(45)21-34(27)50-23-29-36(43-51-37(29)25-13-14-25)35-30(39)11-10-12-31(35)40/h10-12,15-16,20,25,27-28,34H,2-9,13-14,17-19,21-23H2,1H3,(H,42,46)(H,44,47)/t27-,28-,34+/m0/s1. The number of carbonyl (C=O) groups is 2. The van der Waals surface area contributed by atoms with E-state index in [1.165, 1.54) is 13.0 Å². The van der Waals surface area contributed by atoms with Crippen LogP contribution in [-0.2, 0) is 26.2 Å². The van der Waals surface area contributed by atoms with Crippen LogP contribution >= 0.6 is 23.2 Å². The second-order valence-corrected chi connectivity index (χ2v) is 17.0. The molecule has 2 amide bonds. The highest BCUT2D eigenvalue weighted by Crippen LogP contribution is 2.47. The molecule has 14 heteroatoms. The maximum Gasteiger partial charge on any atom is 0.264 e. The molecule has 10 nitrogen and oxygen atoms in total. The molecule has 2 aliphatic carbocycles. The average Bonchev–Trinajstić information content (AvgIpc) is 3.55. The predicted molar refractivity (Wildman–Crippen MR) is 200 cm³/mol. The van der Waals surface area contributed by atoms with Crippen LogP contribution in [0.4, 0.5) is 10.1 Å². The number of rotatable bonds is 19. The molecule has 3 aliphatic rings. The lowest BCUT2D eigenvalue weighted by Gasteiger charge is -2.33. The van der Waals surface area contributed by atoms with Gasteiger partial charge in [-0.2, -0.15) is 0 Å². The van der Waals surface area contributed by atoms with Crippen LogP contribution in [0.2, 0.25) is 10.0 Å². The summed E-state index contributed by atoms with van der Waals surface area (Å²) in [6.45, 7) is 3.12. The molecule has 2 N–H and O–H groups in total. The number of hydrogen-bond donors (Lipinski definition) is 2. The van der Waals surface area contributed by atoms with Crippen molar-refractivity contribution in [1.82, 2.24) is 15.2 Å². The minimum atomic E-state index is -3.85. The first-order valence-electron chi connectivity index (χ1n) is 18.4. The summed E-state index contributed by atoms with van der Waals surface area (Å²) in [5.41, 5.74) is 2.47. The Morgan fingerprint density at radius 2 is 1.69 bits per heavy atom. The van der Waals surface area contributed by atoms with E-state index in [2.05, 4.69) is 15.2 Å². The SMILES string of the molecule is CC(=O)NCCCCCCCCCCS(=O)(=O)NC(=O)c1ccc(N2C[C@@H]3C[C@H]2C[C@H]3OCc2c(-c3c(Cl)cccc3Cl)noc2C2CC2)c(F)c1.